The number of amides is 1. The number of nitrogens with zero attached hydrogens (tertiary/aromatic N) is 2. The highest BCUT2D eigenvalue weighted by molar-refractivity contribution is 6.31. The fourth-order valence-corrected chi connectivity index (χ4v) is 3.11. The Labute approximate surface area is 146 Å². The first-order valence-electron chi connectivity index (χ1n) is 8.24. The van der Waals surface area contributed by atoms with Crippen LogP contribution in [0.5, 0.6) is 0 Å². The molecule has 3 rings (SSSR count). The quantitative estimate of drug-likeness (QED) is 0.832. The first-order chi connectivity index (χ1) is 11.5. The van der Waals surface area contributed by atoms with Gasteiger partial charge in [-0.05, 0) is 44.4 Å². The second-order valence-corrected chi connectivity index (χ2v) is 6.92. The highest BCUT2D eigenvalue weighted by Crippen LogP contribution is 2.30. The molecule has 5 heteroatoms. The molecule has 1 aromatic heterocycles. The van der Waals surface area contributed by atoms with E-state index in [-0.39, 0.29) is 17.5 Å². The Morgan fingerprint density at radius 2 is 1.96 bits per heavy atom. The lowest BCUT2D eigenvalue weighted by atomic mass is 10.2. The molecular formula is C19H21ClN2O2. The summed E-state index contributed by atoms with van der Waals surface area (Å²) in [5, 5.41) is 0.614. The number of hydrogen-bond donors (Lipinski definition) is 0. The van der Waals surface area contributed by atoms with Crippen molar-refractivity contribution in [1.82, 2.24) is 9.47 Å². The topological polar surface area (TPSA) is 42.3 Å². The van der Waals surface area contributed by atoms with E-state index in [1.165, 1.54) is 6.07 Å². The van der Waals surface area contributed by atoms with Crippen LogP contribution in [0.4, 0.5) is 0 Å². The number of halogens is 1. The molecule has 0 N–H and O–H groups in total. The van der Waals surface area contributed by atoms with Crippen molar-refractivity contribution in [3.63, 3.8) is 0 Å². The van der Waals surface area contributed by atoms with Gasteiger partial charge in [-0.3, -0.25) is 9.59 Å². The van der Waals surface area contributed by atoms with Gasteiger partial charge in [0.1, 0.15) is 0 Å². The maximum Gasteiger partial charge on any atom is 0.255 e. The minimum Gasteiger partial charge on any atom is -0.333 e. The zero-order valence-electron chi connectivity index (χ0n) is 13.9. The molecular weight excluding hydrogens is 324 g/mol. The van der Waals surface area contributed by atoms with Crippen LogP contribution in [-0.2, 0) is 6.54 Å². The van der Waals surface area contributed by atoms with Gasteiger partial charge in [-0.1, -0.05) is 29.8 Å². The van der Waals surface area contributed by atoms with Gasteiger partial charge in [-0.15, -0.1) is 0 Å². The van der Waals surface area contributed by atoms with Gasteiger partial charge in [0, 0.05) is 29.4 Å². The molecule has 1 aromatic carbocycles. The molecule has 0 aliphatic heterocycles. The standard InChI is InChI=1S/C19H21ClN2O2/c1-13(2)22(16-8-9-16)19(24)15-7-10-18(23)21(12-15)11-14-5-3-4-6-17(14)20/h3-7,10,12-13,16H,8-9,11H2,1-2H3. The minimum atomic E-state index is -0.144. The monoisotopic (exact) mass is 344 g/mol. The van der Waals surface area contributed by atoms with E-state index in [0.717, 1.165) is 18.4 Å². The smallest absolute Gasteiger partial charge is 0.255 e. The molecule has 0 atom stereocenters. The third-order valence-corrected chi connectivity index (χ3v) is 4.63. The summed E-state index contributed by atoms with van der Waals surface area (Å²) in [7, 11) is 0. The molecule has 126 valence electrons. The van der Waals surface area contributed by atoms with Crippen LogP contribution in [0.3, 0.4) is 0 Å². The molecule has 0 spiro atoms. The lowest BCUT2D eigenvalue weighted by Gasteiger charge is -2.27. The third kappa shape index (κ3) is 3.54. The fourth-order valence-electron chi connectivity index (χ4n) is 2.92. The van der Waals surface area contributed by atoms with Crippen molar-refractivity contribution in [3.8, 4) is 0 Å². The molecule has 0 unspecified atom stereocenters. The van der Waals surface area contributed by atoms with Crippen molar-refractivity contribution >= 4 is 17.5 Å². The summed E-state index contributed by atoms with van der Waals surface area (Å²) in [6.45, 7) is 4.40. The van der Waals surface area contributed by atoms with Gasteiger partial charge < -0.3 is 9.47 Å². The largest absolute Gasteiger partial charge is 0.333 e. The van der Waals surface area contributed by atoms with Gasteiger partial charge in [0.05, 0.1) is 12.1 Å². The summed E-state index contributed by atoms with van der Waals surface area (Å²) in [6.07, 6.45) is 3.76. The lowest BCUT2D eigenvalue weighted by molar-refractivity contribution is 0.0689. The molecule has 0 saturated heterocycles. The number of aromatic nitrogens is 1. The van der Waals surface area contributed by atoms with Gasteiger partial charge in [-0.2, -0.15) is 0 Å². The predicted octanol–water partition coefficient (Wildman–Crippen LogP) is 3.56. The molecule has 0 bridgehead atoms. The van der Waals surface area contributed by atoms with E-state index in [9.17, 15) is 9.59 Å². The average molecular weight is 345 g/mol. The van der Waals surface area contributed by atoms with Crippen molar-refractivity contribution in [2.75, 3.05) is 0 Å². The summed E-state index contributed by atoms with van der Waals surface area (Å²) >= 11 is 6.18. The van der Waals surface area contributed by atoms with E-state index in [2.05, 4.69) is 0 Å². The number of benzene rings is 1. The van der Waals surface area contributed by atoms with Crippen molar-refractivity contribution in [3.05, 3.63) is 69.1 Å². The van der Waals surface area contributed by atoms with Crippen LogP contribution in [0.15, 0.2) is 47.4 Å². The van der Waals surface area contributed by atoms with Gasteiger partial charge in [0.25, 0.3) is 11.5 Å². The van der Waals surface area contributed by atoms with E-state index in [0.29, 0.717) is 23.2 Å². The fraction of sp³-hybridized carbons (Fsp3) is 0.368. The summed E-state index contributed by atoms with van der Waals surface area (Å²) in [5.74, 6) is -0.0135. The van der Waals surface area contributed by atoms with Crippen molar-refractivity contribution < 1.29 is 4.79 Å². The Morgan fingerprint density at radius 3 is 2.58 bits per heavy atom. The van der Waals surface area contributed by atoms with Gasteiger partial charge >= 0.3 is 0 Å². The maximum absolute atomic E-state index is 12.8. The molecule has 1 aliphatic rings. The summed E-state index contributed by atoms with van der Waals surface area (Å²) in [6, 6.07) is 11.0. The molecule has 0 radical (unpaired) electrons. The first-order valence-corrected chi connectivity index (χ1v) is 8.61. The summed E-state index contributed by atoms with van der Waals surface area (Å²) in [5.41, 5.74) is 1.25. The average Bonchev–Trinajstić information content (AvgIpc) is 3.36. The van der Waals surface area contributed by atoms with Crippen LogP contribution < -0.4 is 5.56 Å². The second-order valence-electron chi connectivity index (χ2n) is 6.51. The van der Waals surface area contributed by atoms with Crippen molar-refractivity contribution in [2.45, 2.75) is 45.3 Å². The first kappa shape index (κ1) is 16.8. The van der Waals surface area contributed by atoms with Crippen LogP contribution in [0, 0.1) is 0 Å². The number of carbonyl (C=O) groups excluding carboxylic acids is 1. The Kier molecular flexibility index (Phi) is 4.76. The highest BCUT2D eigenvalue weighted by Gasteiger charge is 2.34. The Bertz CT molecular complexity index is 807. The summed E-state index contributed by atoms with van der Waals surface area (Å²) in [4.78, 5) is 26.9. The zero-order valence-corrected chi connectivity index (χ0v) is 14.7. The Morgan fingerprint density at radius 1 is 1.25 bits per heavy atom. The molecule has 1 saturated carbocycles. The van der Waals surface area contributed by atoms with Gasteiger partial charge in [-0.25, -0.2) is 0 Å². The molecule has 1 heterocycles. The summed E-state index contributed by atoms with van der Waals surface area (Å²) < 4.78 is 1.54. The van der Waals surface area contributed by atoms with Crippen molar-refractivity contribution in [2.24, 2.45) is 0 Å². The van der Waals surface area contributed by atoms with E-state index in [1.807, 2.05) is 36.9 Å². The van der Waals surface area contributed by atoms with E-state index < -0.39 is 0 Å². The van der Waals surface area contributed by atoms with Crippen LogP contribution in [-0.4, -0.2) is 27.5 Å². The molecule has 4 nitrogen and oxygen atoms in total. The number of pyridine rings is 1. The molecule has 2 aromatic rings. The number of carbonyl (C=O) groups is 1. The van der Waals surface area contributed by atoms with Crippen LogP contribution in [0.1, 0.15) is 42.6 Å². The molecule has 1 amide bonds. The maximum atomic E-state index is 12.8. The predicted molar refractivity (Wildman–Crippen MR) is 95.6 cm³/mol. The Balaban J connectivity index is 1.90. The van der Waals surface area contributed by atoms with E-state index >= 15 is 0 Å². The Hall–Kier alpha value is -2.07. The number of rotatable bonds is 5. The lowest BCUT2D eigenvalue weighted by Crippen LogP contribution is -2.39. The molecule has 1 fully saturated rings. The van der Waals surface area contributed by atoms with E-state index in [4.69, 9.17) is 11.6 Å². The normalized spacial score (nSPS) is 14.0. The van der Waals surface area contributed by atoms with Gasteiger partial charge in [0.2, 0.25) is 0 Å². The van der Waals surface area contributed by atoms with Crippen LogP contribution >= 0.6 is 11.6 Å². The second kappa shape index (κ2) is 6.81. The van der Waals surface area contributed by atoms with Crippen molar-refractivity contribution in [1.29, 1.82) is 0 Å². The molecule has 24 heavy (non-hydrogen) atoms. The minimum absolute atomic E-state index is 0.0135. The van der Waals surface area contributed by atoms with Crippen LogP contribution in [0.2, 0.25) is 5.02 Å². The zero-order chi connectivity index (χ0) is 17.3. The SMILES string of the molecule is CC(C)N(C(=O)c1ccc(=O)n(Cc2ccccc2Cl)c1)C1CC1. The van der Waals surface area contributed by atoms with E-state index in [1.54, 1.807) is 22.9 Å². The third-order valence-electron chi connectivity index (χ3n) is 4.26. The van der Waals surface area contributed by atoms with Gasteiger partial charge in [0.15, 0.2) is 0 Å². The number of hydrogen-bond acceptors (Lipinski definition) is 2. The molecule has 1 aliphatic carbocycles. The highest BCUT2D eigenvalue weighted by atomic mass is 35.5. The van der Waals surface area contributed by atoms with Crippen LogP contribution in [0.25, 0.3) is 0 Å².